The average molecular weight is 554 g/mol. The number of ketones is 1. The highest BCUT2D eigenvalue weighted by molar-refractivity contribution is 9.10. The molecule has 1 saturated heterocycles. The summed E-state index contributed by atoms with van der Waals surface area (Å²) in [5, 5.41) is 12.3. The van der Waals surface area contributed by atoms with Gasteiger partial charge in [-0.3, -0.25) is 14.5 Å². The van der Waals surface area contributed by atoms with Crippen molar-refractivity contribution in [2.45, 2.75) is 19.9 Å². The van der Waals surface area contributed by atoms with Crippen LogP contribution in [0.4, 0.5) is 5.13 Å². The monoisotopic (exact) mass is 552 g/mol. The van der Waals surface area contributed by atoms with Gasteiger partial charge in [-0.05, 0) is 61.4 Å². The van der Waals surface area contributed by atoms with E-state index in [9.17, 15) is 14.7 Å². The minimum absolute atomic E-state index is 0.0401. The third-order valence-electron chi connectivity index (χ3n) is 5.82. The number of anilines is 1. The number of aliphatic hydroxyl groups is 1. The minimum Gasteiger partial charge on any atom is -0.507 e. The summed E-state index contributed by atoms with van der Waals surface area (Å²) in [6.45, 7) is 3.77. The molecular weight excluding hydrogens is 536 g/mol. The van der Waals surface area contributed by atoms with E-state index in [2.05, 4.69) is 20.9 Å². The fourth-order valence-corrected chi connectivity index (χ4v) is 5.65. The highest BCUT2D eigenvalue weighted by Gasteiger charge is 2.48. The molecule has 8 heteroatoms. The van der Waals surface area contributed by atoms with Gasteiger partial charge >= 0.3 is 5.91 Å². The second-order valence-electron chi connectivity index (χ2n) is 8.15. The van der Waals surface area contributed by atoms with Crippen LogP contribution in [0.2, 0.25) is 5.02 Å². The van der Waals surface area contributed by atoms with Crippen LogP contribution in [-0.4, -0.2) is 21.8 Å². The molecule has 1 aromatic heterocycles. The van der Waals surface area contributed by atoms with Crippen LogP contribution >= 0.6 is 38.9 Å². The maximum absolute atomic E-state index is 13.4. The van der Waals surface area contributed by atoms with E-state index in [0.29, 0.717) is 26.8 Å². The number of halogens is 2. The number of carbonyl (C=O) groups is 2. The van der Waals surface area contributed by atoms with Gasteiger partial charge in [0.15, 0.2) is 5.13 Å². The first-order valence-electron chi connectivity index (χ1n) is 10.4. The lowest BCUT2D eigenvalue weighted by Crippen LogP contribution is -2.29. The Kier molecular flexibility index (Phi) is 5.80. The first-order valence-corrected chi connectivity index (χ1v) is 12.4. The number of rotatable bonds is 3. The third-order valence-corrected chi connectivity index (χ3v) is 7.60. The van der Waals surface area contributed by atoms with Crippen LogP contribution in [0.3, 0.4) is 0 Å². The lowest BCUT2D eigenvalue weighted by molar-refractivity contribution is -0.132. The second kappa shape index (κ2) is 8.65. The van der Waals surface area contributed by atoms with Crippen LogP contribution in [-0.2, 0) is 9.59 Å². The fourth-order valence-electron chi connectivity index (χ4n) is 4.12. The summed E-state index contributed by atoms with van der Waals surface area (Å²) in [5.41, 5.74) is 3.67. The Morgan fingerprint density at radius 3 is 2.53 bits per heavy atom. The Morgan fingerprint density at radius 1 is 1.06 bits per heavy atom. The van der Waals surface area contributed by atoms with Crippen LogP contribution in [0.1, 0.15) is 28.3 Å². The van der Waals surface area contributed by atoms with E-state index in [4.69, 9.17) is 11.6 Å². The first kappa shape index (κ1) is 22.8. The molecule has 1 amide bonds. The number of carbonyl (C=O) groups excluding carboxylic acids is 2. The standard InChI is InChI=1S/C26H18BrClN2O3S/c1-13-3-4-14(2)18(11-13)23(31)21-22(15-5-7-16(27)8-6-15)30(25(33)24(21)32)26-29-19-10-9-17(28)12-20(19)34-26/h3-12,22,31H,1-2H3/b23-21+. The van der Waals surface area contributed by atoms with E-state index in [1.54, 1.807) is 18.2 Å². The molecule has 1 atom stereocenters. The summed E-state index contributed by atoms with van der Waals surface area (Å²) in [5.74, 6) is -1.67. The SMILES string of the molecule is Cc1ccc(C)c(/C(O)=C2\C(=O)C(=O)N(c3nc4ccc(Cl)cc4s3)C2c2ccc(Br)cc2)c1. The largest absolute Gasteiger partial charge is 0.507 e. The quantitative estimate of drug-likeness (QED) is 0.169. The summed E-state index contributed by atoms with van der Waals surface area (Å²) in [4.78, 5) is 32.7. The molecule has 0 radical (unpaired) electrons. The molecule has 1 unspecified atom stereocenters. The van der Waals surface area contributed by atoms with Crippen molar-refractivity contribution < 1.29 is 14.7 Å². The van der Waals surface area contributed by atoms with Gasteiger partial charge in [-0.25, -0.2) is 4.98 Å². The van der Waals surface area contributed by atoms with Crippen molar-refractivity contribution >= 4 is 71.7 Å². The second-order valence-corrected chi connectivity index (χ2v) is 10.5. The summed E-state index contributed by atoms with van der Waals surface area (Å²) in [7, 11) is 0. The number of nitrogens with zero attached hydrogens (tertiary/aromatic N) is 2. The van der Waals surface area contributed by atoms with Crippen molar-refractivity contribution in [2.75, 3.05) is 4.90 Å². The molecule has 1 aliphatic heterocycles. The number of amides is 1. The smallest absolute Gasteiger partial charge is 0.301 e. The maximum Gasteiger partial charge on any atom is 0.301 e. The van der Waals surface area contributed by atoms with Gasteiger partial charge < -0.3 is 5.11 Å². The molecule has 0 saturated carbocycles. The van der Waals surface area contributed by atoms with Crippen LogP contribution in [0.25, 0.3) is 16.0 Å². The predicted molar refractivity (Wildman–Crippen MR) is 139 cm³/mol. The van der Waals surface area contributed by atoms with Crippen LogP contribution in [0.15, 0.2) is 70.7 Å². The van der Waals surface area contributed by atoms with Gasteiger partial charge in [-0.15, -0.1) is 0 Å². The molecule has 0 spiro atoms. The van der Waals surface area contributed by atoms with Gasteiger partial charge in [0.2, 0.25) is 0 Å². The molecule has 34 heavy (non-hydrogen) atoms. The fraction of sp³-hybridized carbons (Fsp3) is 0.115. The maximum atomic E-state index is 13.4. The van der Waals surface area contributed by atoms with E-state index in [-0.39, 0.29) is 11.3 Å². The number of Topliss-reactive ketones (excluding diaryl/α,β-unsaturated/α-hetero) is 1. The van der Waals surface area contributed by atoms with Gasteiger partial charge in [-0.1, -0.05) is 68.7 Å². The van der Waals surface area contributed by atoms with Gasteiger partial charge in [0.05, 0.1) is 21.8 Å². The lowest BCUT2D eigenvalue weighted by Gasteiger charge is -2.23. The molecule has 1 N–H and O–H groups in total. The number of fused-ring (bicyclic) bond motifs is 1. The summed E-state index contributed by atoms with van der Waals surface area (Å²) >= 11 is 10.8. The summed E-state index contributed by atoms with van der Waals surface area (Å²) in [6.07, 6.45) is 0. The van der Waals surface area contributed by atoms with E-state index in [1.807, 2.05) is 56.3 Å². The normalized spacial score (nSPS) is 17.6. The number of aliphatic hydroxyl groups excluding tert-OH is 1. The zero-order chi connectivity index (χ0) is 24.1. The predicted octanol–water partition coefficient (Wildman–Crippen LogP) is 6.96. The third kappa shape index (κ3) is 3.83. The Labute approximate surface area is 213 Å². The zero-order valence-electron chi connectivity index (χ0n) is 18.2. The zero-order valence-corrected chi connectivity index (χ0v) is 21.3. The van der Waals surface area contributed by atoms with E-state index in [0.717, 1.165) is 20.3 Å². The van der Waals surface area contributed by atoms with E-state index >= 15 is 0 Å². The molecule has 4 aromatic rings. The number of hydrogen-bond acceptors (Lipinski definition) is 5. The molecule has 2 heterocycles. The van der Waals surface area contributed by atoms with Crippen molar-refractivity contribution in [1.82, 2.24) is 4.98 Å². The first-order chi connectivity index (χ1) is 16.2. The van der Waals surface area contributed by atoms with Gasteiger partial charge in [0, 0.05) is 15.1 Å². The van der Waals surface area contributed by atoms with Gasteiger partial charge in [0.25, 0.3) is 5.78 Å². The van der Waals surface area contributed by atoms with Crippen molar-refractivity contribution in [3.8, 4) is 0 Å². The summed E-state index contributed by atoms with van der Waals surface area (Å²) in [6, 6.07) is 17.4. The molecule has 5 rings (SSSR count). The van der Waals surface area contributed by atoms with E-state index < -0.39 is 17.7 Å². The minimum atomic E-state index is -0.830. The molecule has 170 valence electrons. The van der Waals surface area contributed by atoms with Crippen molar-refractivity contribution in [3.63, 3.8) is 0 Å². The molecular formula is C26H18BrClN2O3S. The van der Waals surface area contributed by atoms with Crippen LogP contribution < -0.4 is 4.90 Å². The Bertz CT molecular complexity index is 1510. The van der Waals surface area contributed by atoms with Crippen molar-refractivity contribution in [2.24, 2.45) is 0 Å². The Morgan fingerprint density at radius 2 is 1.79 bits per heavy atom. The average Bonchev–Trinajstić information content (AvgIpc) is 3.33. The number of aryl methyl sites for hydroxylation is 2. The van der Waals surface area contributed by atoms with Crippen LogP contribution in [0, 0.1) is 13.8 Å². The van der Waals surface area contributed by atoms with E-state index in [1.165, 1.54) is 16.2 Å². The van der Waals surface area contributed by atoms with Crippen molar-refractivity contribution in [1.29, 1.82) is 0 Å². The molecule has 0 aliphatic carbocycles. The lowest BCUT2D eigenvalue weighted by atomic mass is 9.93. The van der Waals surface area contributed by atoms with Crippen molar-refractivity contribution in [3.05, 3.63) is 98.0 Å². The number of thiazole rings is 1. The van der Waals surface area contributed by atoms with Gasteiger partial charge in [0.1, 0.15) is 5.76 Å². The van der Waals surface area contributed by atoms with Crippen LogP contribution in [0.5, 0.6) is 0 Å². The number of benzene rings is 3. The Balaban J connectivity index is 1.76. The van der Waals surface area contributed by atoms with Gasteiger partial charge in [-0.2, -0.15) is 0 Å². The molecule has 3 aromatic carbocycles. The number of hydrogen-bond donors (Lipinski definition) is 1. The molecule has 0 bridgehead atoms. The molecule has 1 fully saturated rings. The summed E-state index contributed by atoms with van der Waals surface area (Å²) < 4.78 is 1.66. The molecule has 5 nitrogen and oxygen atoms in total. The highest BCUT2D eigenvalue weighted by Crippen LogP contribution is 2.45. The molecule has 1 aliphatic rings. The Hall–Kier alpha value is -3.00. The highest BCUT2D eigenvalue weighted by atomic mass is 79.9. The number of aromatic nitrogens is 1. The topological polar surface area (TPSA) is 70.5 Å².